The van der Waals surface area contributed by atoms with Crippen molar-refractivity contribution in [3.8, 4) is 0 Å². The molecule has 0 aromatic rings. The van der Waals surface area contributed by atoms with E-state index in [1.165, 1.54) is 205 Å². The zero-order valence-corrected chi connectivity index (χ0v) is 59.3. The van der Waals surface area contributed by atoms with E-state index >= 15 is 0 Å². The zero-order chi connectivity index (χ0) is 64.1. The van der Waals surface area contributed by atoms with E-state index in [9.17, 15) is 19.4 Å². The molecule has 0 rings (SSSR count). The van der Waals surface area contributed by atoms with Gasteiger partial charge in [-0.25, -0.2) is 4.57 Å². The predicted octanol–water partition coefficient (Wildman–Crippen LogP) is 24.2. The number of likely N-dealkylation sites (N-methyl/N-ethyl adjacent to an activating group) is 1. The minimum atomic E-state index is -4.34. The predicted molar refractivity (Wildman–Crippen MR) is 387 cm³/mol. The summed E-state index contributed by atoms with van der Waals surface area (Å²) in [6.07, 6.45) is 101. The molecule has 0 aliphatic carbocycles. The Morgan fingerprint density at radius 1 is 0.398 bits per heavy atom. The van der Waals surface area contributed by atoms with Gasteiger partial charge < -0.3 is 19.8 Å². The Hall–Kier alpha value is -2.84. The summed E-state index contributed by atoms with van der Waals surface area (Å²) in [4.78, 5) is 23.5. The second-order valence-electron chi connectivity index (χ2n) is 26.3. The molecule has 3 unspecified atom stereocenters. The summed E-state index contributed by atoms with van der Waals surface area (Å²) >= 11 is 0. The summed E-state index contributed by atoms with van der Waals surface area (Å²) in [5, 5.41) is 14.2. The molecule has 0 saturated carbocycles. The van der Waals surface area contributed by atoms with Crippen LogP contribution in [-0.4, -0.2) is 73.4 Å². The number of nitrogens with one attached hydrogen (secondary N) is 1. The largest absolute Gasteiger partial charge is 0.472 e. The molecule has 3 N–H and O–H groups in total. The molecule has 8 nitrogen and oxygen atoms in total. The molecular formula is C79H144N2O6P+. The lowest BCUT2D eigenvalue weighted by molar-refractivity contribution is -0.870. The van der Waals surface area contributed by atoms with E-state index in [2.05, 4.69) is 129 Å². The maximum Gasteiger partial charge on any atom is 0.472 e. The lowest BCUT2D eigenvalue weighted by atomic mass is 10.0. The number of aliphatic hydroxyl groups excluding tert-OH is 1. The van der Waals surface area contributed by atoms with Crippen LogP contribution in [0.25, 0.3) is 0 Å². The summed E-state index contributed by atoms with van der Waals surface area (Å²) in [6.45, 7) is 4.80. The molecule has 9 heteroatoms. The van der Waals surface area contributed by atoms with Gasteiger partial charge >= 0.3 is 7.82 Å². The van der Waals surface area contributed by atoms with E-state index in [0.717, 1.165) is 103 Å². The van der Waals surface area contributed by atoms with Crippen LogP contribution in [0.2, 0.25) is 0 Å². The number of carbonyl (C=O) groups excluding carboxylic acids is 1. The van der Waals surface area contributed by atoms with Gasteiger partial charge in [0.1, 0.15) is 13.2 Å². The van der Waals surface area contributed by atoms with Crippen LogP contribution in [0.15, 0.2) is 109 Å². The minimum Gasteiger partial charge on any atom is -0.391 e. The second-order valence-corrected chi connectivity index (χ2v) is 27.8. The van der Waals surface area contributed by atoms with Crippen LogP contribution >= 0.6 is 7.82 Å². The van der Waals surface area contributed by atoms with Crippen LogP contribution in [0.5, 0.6) is 0 Å². The number of aliphatic hydroxyl groups is 1. The van der Waals surface area contributed by atoms with Gasteiger partial charge in [0.15, 0.2) is 0 Å². The van der Waals surface area contributed by atoms with Crippen molar-refractivity contribution in [1.29, 1.82) is 0 Å². The Morgan fingerprint density at radius 2 is 0.682 bits per heavy atom. The quantitative estimate of drug-likeness (QED) is 0.0243. The molecular weight excluding hydrogens is 1100 g/mol. The highest BCUT2D eigenvalue weighted by molar-refractivity contribution is 7.47. The van der Waals surface area contributed by atoms with Gasteiger partial charge in [-0.05, 0) is 83.5 Å². The standard InChI is InChI=1S/C79H143N2O6P/c1-6-8-10-12-14-16-18-20-22-24-26-28-30-32-34-36-37-38-39-40-41-42-43-45-47-49-51-53-55-57-59-61-63-65-67-69-71-73-79(83)80-77(76-87-88(84,85)86-75-74-81(3,4)5)78(82)72-70-68-66-64-62-60-58-56-54-52-50-48-46-44-35-33-31-29-27-25-23-21-19-17-15-13-11-9-7-2/h8,10,14,16,20,22,26,28,32,34,37-38,40-41,43,45,49,51,77-78,82H,6-7,9,11-13,15,17-19,21,23-25,27,29-31,33,35-36,39,42,44,46-48,50,52-76H2,1-5H3,(H-,80,83,84,85)/p+1/b10-8-,16-14-,22-20-,28-26-,34-32-,38-37-,41-40-,45-43-,51-49-. The van der Waals surface area contributed by atoms with E-state index in [1.54, 1.807) is 0 Å². The Balaban J connectivity index is 4.07. The fourth-order valence-electron chi connectivity index (χ4n) is 10.8. The SMILES string of the molecule is CC/C=C\C/C=C\C/C=C\C/C=C\C/C=C\C/C=C\C/C=C\C/C=C\C/C=C\CCCCCCCCCCCC(=O)NC(COP(=O)(O)OCC[N+](C)(C)C)C(O)CCCCCCCCCCCCCCCCCCCCCCCCCCCCCCC. The first-order chi connectivity index (χ1) is 43.0. The number of phosphoric acid groups is 1. The average Bonchev–Trinajstić information content (AvgIpc) is 3.70. The van der Waals surface area contributed by atoms with Crippen molar-refractivity contribution in [3.05, 3.63) is 109 Å². The molecule has 1 amide bonds. The second kappa shape index (κ2) is 68.5. The molecule has 0 radical (unpaired) electrons. The van der Waals surface area contributed by atoms with Gasteiger partial charge in [-0.2, -0.15) is 0 Å². The lowest BCUT2D eigenvalue weighted by Crippen LogP contribution is -2.46. The first-order valence-corrected chi connectivity index (χ1v) is 38.7. The molecule has 0 aromatic heterocycles. The highest BCUT2D eigenvalue weighted by Crippen LogP contribution is 2.43. The number of rotatable bonds is 68. The molecule has 0 heterocycles. The van der Waals surface area contributed by atoms with Gasteiger partial charge in [0.05, 0.1) is 39.9 Å². The molecule has 0 aliphatic heterocycles. The van der Waals surface area contributed by atoms with Crippen molar-refractivity contribution >= 4 is 13.7 Å². The number of carbonyl (C=O) groups is 1. The topological polar surface area (TPSA) is 105 Å². The zero-order valence-electron chi connectivity index (χ0n) is 58.4. The van der Waals surface area contributed by atoms with Crippen molar-refractivity contribution in [1.82, 2.24) is 5.32 Å². The van der Waals surface area contributed by atoms with E-state index < -0.39 is 20.0 Å². The third-order valence-corrected chi connectivity index (χ3v) is 17.5. The first-order valence-electron chi connectivity index (χ1n) is 37.3. The van der Waals surface area contributed by atoms with E-state index in [0.29, 0.717) is 23.9 Å². The number of amides is 1. The lowest BCUT2D eigenvalue weighted by Gasteiger charge is -2.26. The smallest absolute Gasteiger partial charge is 0.391 e. The summed E-state index contributed by atoms with van der Waals surface area (Å²) < 4.78 is 23.9. The molecule has 0 spiro atoms. The molecule has 0 fully saturated rings. The van der Waals surface area contributed by atoms with Gasteiger partial charge in [0.2, 0.25) is 5.91 Å². The van der Waals surface area contributed by atoms with E-state index in [-0.39, 0.29) is 19.1 Å². The number of unbranched alkanes of at least 4 members (excludes halogenated alkanes) is 37. The molecule has 0 aliphatic rings. The van der Waals surface area contributed by atoms with Gasteiger partial charge in [-0.3, -0.25) is 13.8 Å². The number of hydrogen-bond acceptors (Lipinski definition) is 5. The van der Waals surface area contributed by atoms with Crippen molar-refractivity contribution in [2.45, 2.75) is 347 Å². The van der Waals surface area contributed by atoms with Crippen LogP contribution in [-0.2, 0) is 18.4 Å². The van der Waals surface area contributed by atoms with Crippen molar-refractivity contribution < 1.29 is 32.9 Å². The van der Waals surface area contributed by atoms with Crippen LogP contribution in [0.1, 0.15) is 335 Å². The number of phosphoric ester groups is 1. The molecule has 88 heavy (non-hydrogen) atoms. The molecule has 510 valence electrons. The number of quaternary nitrogens is 1. The van der Waals surface area contributed by atoms with Crippen LogP contribution in [0.4, 0.5) is 0 Å². The molecule has 3 atom stereocenters. The van der Waals surface area contributed by atoms with Crippen LogP contribution in [0.3, 0.4) is 0 Å². The number of nitrogens with zero attached hydrogens (tertiary/aromatic N) is 1. The monoisotopic (exact) mass is 1250 g/mol. The van der Waals surface area contributed by atoms with Gasteiger partial charge in [-0.15, -0.1) is 0 Å². The molecule has 0 saturated heterocycles. The summed E-state index contributed by atoms with van der Waals surface area (Å²) in [5.41, 5.74) is 0. The van der Waals surface area contributed by atoms with Gasteiger partial charge in [-0.1, -0.05) is 354 Å². The molecule has 0 aromatic carbocycles. The summed E-state index contributed by atoms with van der Waals surface area (Å²) in [6, 6.07) is -0.773. The highest BCUT2D eigenvalue weighted by Gasteiger charge is 2.28. The van der Waals surface area contributed by atoms with E-state index in [4.69, 9.17) is 9.05 Å². The third-order valence-electron chi connectivity index (χ3n) is 16.5. The third kappa shape index (κ3) is 70.6. The number of allylic oxidation sites excluding steroid dienone is 18. The maximum absolute atomic E-state index is 13.1. The fraction of sp³-hybridized carbons (Fsp3) is 0.759. The average molecular weight is 1250 g/mol. The number of hydrogen-bond donors (Lipinski definition) is 3. The minimum absolute atomic E-state index is 0.0694. The van der Waals surface area contributed by atoms with Crippen molar-refractivity contribution in [2.24, 2.45) is 0 Å². The Bertz CT molecular complexity index is 1810. The van der Waals surface area contributed by atoms with Crippen molar-refractivity contribution in [3.63, 3.8) is 0 Å². The summed E-state index contributed by atoms with van der Waals surface area (Å²) in [7, 11) is 1.61. The Morgan fingerprint density at radius 3 is 1.00 bits per heavy atom. The maximum atomic E-state index is 13.1. The van der Waals surface area contributed by atoms with Crippen molar-refractivity contribution in [2.75, 3.05) is 40.9 Å². The summed E-state index contributed by atoms with van der Waals surface area (Å²) in [5.74, 6) is -0.150. The molecule has 0 bridgehead atoms. The van der Waals surface area contributed by atoms with Crippen LogP contribution in [0, 0.1) is 0 Å². The highest BCUT2D eigenvalue weighted by atomic mass is 31.2. The van der Waals surface area contributed by atoms with Crippen LogP contribution < -0.4 is 5.32 Å². The first kappa shape index (κ1) is 85.2. The Kier molecular flexibility index (Phi) is 66.3. The van der Waals surface area contributed by atoms with E-state index in [1.807, 2.05) is 21.1 Å². The fourth-order valence-corrected chi connectivity index (χ4v) is 11.5. The normalized spacial score (nSPS) is 14.2. The van der Waals surface area contributed by atoms with Gasteiger partial charge in [0, 0.05) is 6.42 Å². The Labute approximate surface area is 546 Å². The van der Waals surface area contributed by atoms with Gasteiger partial charge in [0.25, 0.3) is 0 Å².